The molecule has 0 saturated carbocycles. The summed E-state index contributed by atoms with van der Waals surface area (Å²) in [6, 6.07) is 21.1. The Morgan fingerprint density at radius 3 is 2.50 bits per heavy atom. The number of aromatic nitrogens is 3. The molecule has 30 heavy (non-hydrogen) atoms. The highest BCUT2D eigenvalue weighted by Crippen LogP contribution is 2.25. The van der Waals surface area contributed by atoms with E-state index in [0.29, 0.717) is 11.4 Å². The third kappa shape index (κ3) is 3.76. The van der Waals surface area contributed by atoms with Crippen LogP contribution in [0.25, 0.3) is 16.6 Å². The number of hydrogen-bond donors (Lipinski definition) is 1. The van der Waals surface area contributed by atoms with E-state index in [1.54, 1.807) is 16.4 Å². The zero-order valence-corrected chi connectivity index (χ0v) is 17.8. The topological polar surface area (TPSA) is 68.9 Å². The van der Waals surface area contributed by atoms with E-state index in [0.717, 1.165) is 21.6 Å². The predicted molar refractivity (Wildman–Crippen MR) is 121 cm³/mol. The van der Waals surface area contributed by atoms with Crippen molar-refractivity contribution in [3.63, 3.8) is 0 Å². The second-order valence-electron chi connectivity index (χ2n) is 7.03. The van der Waals surface area contributed by atoms with Crippen LogP contribution in [-0.4, -0.2) is 25.5 Å². The van der Waals surface area contributed by atoms with Crippen molar-refractivity contribution in [1.82, 2.24) is 14.3 Å². The van der Waals surface area contributed by atoms with Crippen LogP contribution in [0.2, 0.25) is 0 Å². The van der Waals surface area contributed by atoms with Gasteiger partial charge in [0.2, 0.25) is 5.91 Å². The predicted octanol–water partition coefficient (Wildman–Crippen LogP) is 4.15. The normalized spacial score (nSPS) is 12.1. The van der Waals surface area contributed by atoms with E-state index in [4.69, 9.17) is 0 Å². The van der Waals surface area contributed by atoms with Crippen molar-refractivity contribution in [1.29, 1.82) is 0 Å². The highest BCUT2D eigenvalue weighted by molar-refractivity contribution is 8.00. The van der Waals surface area contributed by atoms with Crippen LogP contribution in [0, 0.1) is 6.92 Å². The Bertz CT molecular complexity index is 1280. The summed E-state index contributed by atoms with van der Waals surface area (Å²) in [7, 11) is 1.80. The molecule has 2 aromatic heterocycles. The molecule has 0 radical (unpaired) electrons. The van der Waals surface area contributed by atoms with E-state index in [-0.39, 0.29) is 11.5 Å². The summed E-state index contributed by atoms with van der Waals surface area (Å²) in [5.41, 5.74) is 2.37. The molecule has 0 spiro atoms. The lowest BCUT2D eigenvalue weighted by Crippen LogP contribution is -2.27. The van der Waals surface area contributed by atoms with Crippen LogP contribution < -0.4 is 10.9 Å². The number of anilines is 1. The number of nitrogens with one attached hydrogen (secondary N) is 1. The third-order valence-electron chi connectivity index (χ3n) is 5.04. The number of carbonyl (C=O) groups is 1. The van der Waals surface area contributed by atoms with Crippen molar-refractivity contribution in [3.8, 4) is 5.69 Å². The lowest BCUT2D eigenvalue weighted by Gasteiger charge is -2.11. The number of rotatable bonds is 5. The lowest BCUT2D eigenvalue weighted by molar-refractivity contribution is -0.115. The van der Waals surface area contributed by atoms with Crippen LogP contribution in [0.4, 0.5) is 5.69 Å². The van der Waals surface area contributed by atoms with E-state index in [2.05, 4.69) is 10.3 Å². The molecule has 7 heteroatoms. The van der Waals surface area contributed by atoms with Gasteiger partial charge in [-0.1, -0.05) is 54.2 Å². The molecule has 0 aliphatic carbocycles. The summed E-state index contributed by atoms with van der Waals surface area (Å²) < 4.78 is 3.30. The van der Waals surface area contributed by atoms with Gasteiger partial charge in [0.05, 0.1) is 27.2 Å². The van der Waals surface area contributed by atoms with Gasteiger partial charge in [-0.05, 0) is 38.1 Å². The molecule has 0 saturated heterocycles. The summed E-state index contributed by atoms with van der Waals surface area (Å²) in [5, 5.41) is 4.23. The zero-order chi connectivity index (χ0) is 21.3. The molecule has 6 nitrogen and oxygen atoms in total. The molecule has 0 bridgehead atoms. The van der Waals surface area contributed by atoms with Gasteiger partial charge in [-0.15, -0.1) is 0 Å². The number of amides is 1. The second kappa shape index (κ2) is 8.20. The first-order chi connectivity index (χ1) is 14.5. The van der Waals surface area contributed by atoms with Gasteiger partial charge in [0.1, 0.15) is 5.69 Å². The molecule has 1 amide bonds. The number of para-hydroxylation sites is 2. The third-order valence-corrected chi connectivity index (χ3v) is 6.08. The first kappa shape index (κ1) is 20.0. The fraction of sp³-hybridized carbons (Fsp3) is 0.174. The van der Waals surface area contributed by atoms with E-state index in [9.17, 15) is 9.59 Å². The van der Waals surface area contributed by atoms with Crippen LogP contribution in [0.3, 0.4) is 0 Å². The zero-order valence-electron chi connectivity index (χ0n) is 17.0. The summed E-state index contributed by atoms with van der Waals surface area (Å²) >= 11 is 1.37. The van der Waals surface area contributed by atoms with Gasteiger partial charge in [0, 0.05) is 12.4 Å². The molecule has 4 aromatic rings. The van der Waals surface area contributed by atoms with Crippen LogP contribution in [0.1, 0.15) is 12.6 Å². The van der Waals surface area contributed by atoms with Crippen LogP contribution in [0.5, 0.6) is 0 Å². The van der Waals surface area contributed by atoms with Crippen LogP contribution in [-0.2, 0) is 11.8 Å². The van der Waals surface area contributed by atoms with Crippen molar-refractivity contribution in [2.75, 3.05) is 5.32 Å². The SMILES string of the molecule is Cc1c(NC(=O)[C@@H](C)Sc2ccc3ccccc3n2)c(=O)n(-c2ccccc2)n1C. The minimum atomic E-state index is -0.414. The number of benzene rings is 2. The quantitative estimate of drug-likeness (QED) is 0.494. The molecular formula is C23H22N4O2S. The second-order valence-corrected chi connectivity index (χ2v) is 8.39. The Balaban J connectivity index is 1.55. The largest absolute Gasteiger partial charge is 0.319 e. The van der Waals surface area contributed by atoms with E-state index in [1.807, 2.05) is 80.6 Å². The standard InChI is InChI=1S/C23H22N4O2S/c1-15-21(23(29)27(26(15)3)18-10-5-4-6-11-18)25-22(28)16(2)30-20-14-13-17-9-7-8-12-19(17)24-20/h4-14,16H,1-3H3,(H,25,28)/t16-/m1/s1. The summed E-state index contributed by atoms with van der Waals surface area (Å²) in [6.07, 6.45) is 0. The van der Waals surface area contributed by atoms with Crippen molar-refractivity contribution in [2.24, 2.45) is 7.05 Å². The van der Waals surface area contributed by atoms with Gasteiger partial charge >= 0.3 is 0 Å². The molecular weight excluding hydrogens is 396 g/mol. The minimum absolute atomic E-state index is 0.235. The number of fused-ring (bicyclic) bond motifs is 1. The van der Waals surface area contributed by atoms with Gasteiger partial charge in [0.15, 0.2) is 0 Å². The minimum Gasteiger partial charge on any atom is -0.319 e. The maximum absolute atomic E-state index is 13.0. The molecule has 0 aliphatic rings. The smallest absolute Gasteiger partial charge is 0.295 e. The van der Waals surface area contributed by atoms with Crippen LogP contribution >= 0.6 is 11.8 Å². The Hall–Kier alpha value is -3.32. The maximum Gasteiger partial charge on any atom is 0.295 e. The first-order valence-electron chi connectivity index (χ1n) is 9.63. The molecule has 152 valence electrons. The Labute approximate surface area is 178 Å². The average Bonchev–Trinajstić information content (AvgIpc) is 2.97. The van der Waals surface area contributed by atoms with E-state index < -0.39 is 5.25 Å². The van der Waals surface area contributed by atoms with Gasteiger partial charge < -0.3 is 5.32 Å². The number of pyridine rings is 1. The van der Waals surface area contributed by atoms with Gasteiger partial charge in [-0.3, -0.25) is 14.3 Å². The van der Waals surface area contributed by atoms with Gasteiger partial charge in [0.25, 0.3) is 5.56 Å². The van der Waals surface area contributed by atoms with Gasteiger partial charge in [-0.2, -0.15) is 0 Å². The fourth-order valence-corrected chi connectivity index (χ4v) is 4.11. The van der Waals surface area contributed by atoms with Crippen molar-refractivity contribution < 1.29 is 4.79 Å². The fourth-order valence-electron chi connectivity index (χ4n) is 3.28. The Kier molecular flexibility index (Phi) is 5.46. The molecule has 1 N–H and O–H groups in total. The molecule has 0 unspecified atom stereocenters. The monoisotopic (exact) mass is 418 g/mol. The summed E-state index contributed by atoms with van der Waals surface area (Å²) in [4.78, 5) is 30.4. The molecule has 2 aromatic carbocycles. The van der Waals surface area contributed by atoms with Crippen LogP contribution in [0.15, 0.2) is 76.6 Å². The van der Waals surface area contributed by atoms with E-state index >= 15 is 0 Å². The summed E-state index contributed by atoms with van der Waals surface area (Å²) in [5.74, 6) is -0.235. The van der Waals surface area contributed by atoms with Gasteiger partial charge in [-0.25, -0.2) is 9.67 Å². The molecule has 4 rings (SSSR count). The Morgan fingerprint density at radius 1 is 1.03 bits per heavy atom. The summed E-state index contributed by atoms with van der Waals surface area (Å²) in [6.45, 7) is 3.63. The number of hydrogen-bond acceptors (Lipinski definition) is 4. The molecule has 0 aliphatic heterocycles. The molecule has 0 fully saturated rings. The van der Waals surface area contributed by atoms with Crippen molar-refractivity contribution in [2.45, 2.75) is 24.1 Å². The lowest BCUT2D eigenvalue weighted by atomic mass is 10.2. The average molecular weight is 419 g/mol. The first-order valence-corrected chi connectivity index (χ1v) is 10.5. The highest BCUT2D eigenvalue weighted by Gasteiger charge is 2.22. The van der Waals surface area contributed by atoms with E-state index in [1.165, 1.54) is 11.8 Å². The number of nitrogens with zero attached hydrogens (tertiary/aromatic N) is 3. The Morgan fingerprint density at radius 2 is 1.73 bits per heavy atom. The number of carbonyl (C=O) groups excluding carboxylic acids is 1. The maximum atomic E-state index is 13.0. The van der Waals surface area contributed by atoms with Crippen molar-refractivity contribution in [3.05, 3.63) is 82.8 Å². The number of thioether (sulfide) groups is 1. The van der Waals surface area contributed by atoms with Crippen molar-refractivity contribution >= 4 is 34.3 Å². The molecule has 1 atom stereocenters. The highest BCUT2D eigenvalue weighted by atomic mass is 32.2. The molecule has 2 heterocycles.